The standard InChI is InChI=1S/C14H19N3O/c1-17-8-9(7-15)6-13(17)11-2-3-12-10(14(11)18)4-5-16-12/h2-5,9,13,16,18H,6-8,15H2,1H3. The molecule has 2 heterocycles. The summed E-state index contributed by atoms with van der Waals surface area (Å²) < 4.78 is 0. The average molecular weight is 245 g/mol. The third-order valence-corrected chi connectivity index (χ3v) is 4.06. The topological polar surface area (TPSA) is 65.3 Å². The largest absolute Gasteiger partial charge is 0.507 e. The molecule has 3 rings (SSSR count). The Morgan fingerprint density at radius 3 is 3.00 bits per heavy atom. The number of benzene rings is 1. The van der Waals surface area contributed by atoms with Gasteiger partial charge in [0.2, 0.25) is 0 Å². The summed E-state index contributed by atoms with van der Waals surface area (Å²) in [5, 5.41) is 11.3. The lowest BCUT2D eigenvalue weighted by atomic mass is 9.98. The lowest BCUT2D eigenvalue weighted by molar-refractivity contribution is 0.306. The minimum Gasteiger partial charge on any atom is -0.507 e. The van der Waals surface area contributed by atoms with Crippen molar-refractivity contribution < 1.29 is 5.11 Å². The first-order valence-electron chi connectivity index (χ1n) is 6.40. The summed E-state index contributed by atoms with van der Waals surface area (Å²) in [6.07, 6.45) is 2.88. The molecule has 1 fully saturated rings. The maximum Gasteiger partial charge on any atom is 0.129 e. The van der Waals surface area contributed by atoms with Crippen LogP contribution >= 0.6 is 0 Å². The van der Waals surface area contributed by atoms with Crippen molar-refractivity contribution in [2.24, 2.45) is 11.7 Å². The zero-order valence-corrected chi connectivity index (χ0v) is 10.6. The second-order valence-electron chi connectivity index (χ2n) is 5.24. The van der Waals surface area contributed by atoms with E-state index in [1.165, 1.54) is 0 Å². The van der Waals surface area contributed by atoms with Crippen LogP contribution in [0, 0.1) is 5.92 Å². The Labute approximate surface area is 106 Å². The molecule has 0 spiro atoms. The zero-order chi connectivity index (χ0) is 12.7. The van der Waals surface area contributed by atoms with Crippen molar-refractivity contribution in [3.63, 3.8) is 0 Å². The Morgan fingerprint density at radius 2 is 2.28 bits per heavy atom. The Kier molecular flexibility index (Phi) is 2.76. The summed E-state index contributed by atoms with van der Waals surface area (Å²) in [6, 6.07) is 6.25. The molecule has 2 atom stereocenters. The van der Waals surface area contributed by atoms with Gasteiger partial charge in [-0.3, -0.25) is 4.90 Å². The molecule has 0 radical (unpaired) electrons. The van der Waals surface area contributed by atoms with Gasteiger partial charge in [-0.15, -0.1) is 0 Å². The van der Waals surface area contributed by atoms with Crippen molar-refractivity contribution in [2.75, 3.05) is 20.1 Å². The molecule has 2 aromatic rings. The van der Waals surface area contributed by atoms with Gasteiger partial charge < -0.3 is 15.8 Å². The zero-order valence-electron chi connectivity index (χ0n) is 10.6. The van der Waals surface area contributed by atoms with Crippen LogP contribution in [-0.2, 0) is 0 Å². The van der Waals surface area contributed by atoms with Gasteiger partial charge in [0.05, 0.1) is 0 Å². The van der Waals surface area contributed by atoms with Crippen molar-refractivity contribution in [1.82, 2.24) is 9.88 Å². The molecule has 4 N–H and O–H groups in total. The quantitative estimate of drug-likeness (QED) is 0.756. The highest BCUT2D eigenvalue weighted by Crippen LogP contribution is 2.40. The second-order valence-corrected chi connectivity index (χ2v) is 5.24. The lowest BCUT2D eigenvalue weighted by Crippen LogP contribution is -2.20. The van der Waals surface area contributed by atoms with Crippen LogP contribution < -0.4 is 5.73 Å². The first-order valence-corrected chi connectivity index (χ1v) is 6.40. The summed E-state index contributed by atoms with van der Waals surface area (Å²) in [5.74, 6) is 0.935. The maximum atomic E-state index is 10.4. The predicted octanol–water partition coefficient (Wildman–Crippen LogP) is 1.82. The highest BCUT2D eigenvalue weighted by Gasteiger charge is 2.31. The van der Waals surface area contributed by atoms with Crippen LogP contribution in [0.1, 0.15) is 18.0 Å². The van der Waals surface area contributed by atoms with Gasteiger partial charge >= 0.3 is 0 Å². The molecule has 0 amide bonds. The third kappa shape index (κ3) is 1.69. The molecule has 4 nitrogen and oxygen atoms in total. The van der Waals surface area contributed by atoms with Gasteiger partial charge in [-0.2, -0.15) is 0 Å². The second kappa shape index (κ2) is 4.30. The fourth-order valence-electron chi connectivity index (χ4n) is 3.04. The molecule has 1 saturated heterocycles. The van der Waals surface area contributed by atoms with E-state index in [0.29, 0.717) is 18.2 Å². The van der Waals surface area contributed by atoms with Crippen LogP contribution in [0.2, 0.25) is 0 Å². The molecule has 0 bridgehead atoms. The van der Waals surface area contributed by atoms with Gasteiger partial charge in [0.25, 0.3) is 0 Å². The first kappa shape index (κ1) is 11.6. The number of H-pyrrole nitrogens is 1. The normalized spacial score (nSPS) is 25.0. The van der Waals surface area contributed by atoms with E-state index in [-0.39, 0.29) is 6.04 Å². The van der Waals surface area contributed by atoms with Crippen LogP contribution in [0.15, 0.2) is 24.4 Å². The van der Waals surface area contributed by atoms with E-state index in [1.54, 1.807) is 0 Å². The Morgan fingerprint density at radius 1 is 1.44 bits per heavy atom. The number of hydrogen-bond donors (Lipinski definition) is 3. The summed E-state index contributed by atoms with van der Waals surface area (Å²) >= 11 is 0. The molecule has 18 heavy (non-hydrogen) atoms. The number of fused-ring (bicyclic) bond motifs is 1. The number of nitrogens with one attached hydrogen (secondary N) is 1. The molecule has 0 aliphatic carbocycles. The molecule has 1 aromatic heterocycles. The Bertz CT molecular complexity index is 563. The monoisotopic (exact) mass is 245 g/mol. The number of rotatable bonds is 2. The van der Waals surface area contributed by atoms with Crippen LogP contribution in [-0.4, -0.2) is 35.1 Å². The minimum absolute atomic E-state index is 0.276. The summed E-state index contributed by atoms with van der Waals surface area (Å²) in [6.45, 7) is 1.72. The molecule has 1 aliphatic rings. The van der Waals surface area contributed by atoms with Crippen LogP contribution in [0.5, 0.6) is 5.75 Å². The maximum absolute atomic E-state index is 10.4. The van der Waals surface area contributed by atoms with Gasteiger partial charge in [-0.1, -0.05) is 6.07 Å². The number of phenolic OH excluding ortho intramolecular Hbond substituents is 1. The summed E-state index contributed by atoms with van der Waals surface area (Å²) in [5.41, 5.74) is 7.75. The SMILES string of the molecule is CN1CC(CN)CC1c1ccc2[nH]ccc2c1O. The molecular weight excluding hydrogens is 226 g/mol. The number of phenols is 1. The van der Waals surface area contributed by atoms with Gasteiger partial charge in [0, 0.05) is 35.2 Å². The molecule has 2 unspecified atom stereocenters. The van der Waals surface area contributed by atoms with E-state index >= 15 is 0 Å². The van der Waals surface area contributed by atoms with Gasteiger partial charge in [-0.05, 0) is 38.1 Å². The van der Waals surface area contributed by atoms with Crippen molar-refractivity contribution in [2.45, 2.75) is 12.5 Å². The number of likely N-dealkylation sites (tertiary alicyclic amines) is 1. The lowest BCUT2D eigenvalue weighted by Gasteiger charge is -2.20. The van der Waals surface area contributed by atoms with Crippen LogP contribution in [0.25, 0.3) is 10.9 Å². The molecule has 0 saturated carbocycles. The fraction of sp³-hybridized carbons (Fsp3) is 0.429. The van der Waals surface area contributed by atoms with Crippen LogP contribution in [0.4, 0.5) is 0 Å². The van der Waals surface area contributed by atoms with E-state index in [1.807, 2.05) is 24.4 Å². The average Bonchev–Trinajstić information content (AvgIpc) is 2.96. The van der Waals surface area contributed by atoms with Crippen LogP contribution in [0.3, 0.4) is 0 Å². The highest BCUT2D eigenvalue weighted by molar-refractivity contribution is 5.87. The van der Waals surface area contributed by atoms with Gasteiger partial charge in [0.15, 0.2) is 0 Å². The van der Waals surface area contributed by atoms with Crippen molar-refractivity contribution in [1.29, 1.82) is 0 Å². The fourth-order valence-corrected chi connectivity index (χ4v) is 3.04. The van der Waals surface area contributed by atoms with E-state index in [0.717, 1.165) is 29.4 Å². The third-order valence-electron chi connectivity index (χ3n) is 4.06. The number of aromatic amines is 1. The Balaban J connectivity index is 2.01. The van der Waals surface area contributed by atoms with E-state index in [9.17, 15) is 5.11 Å². The van der Waals surface area contributed by atoms with Crippen molar-refractivity contribution in [3.05, 3.63) is 30.0 Å². The van der Waals surface area contributed by atoms with Crippen molar-refractivity contribution >= 4 is 10.9 Å². The summed E-state index contributed by atoms with van der Waals surface area (Å²) in [7, 11) is 2.10. The molecule has 96 valence electrons. The van der Waals surface area contributed by atoms with E-state index in [4.69, 9.17) is 5.73 Å². The number of nitrogens with two attached hydrogens (primary N) is 1. The Hall–Kier alpha value is -1.52. The van der Waals surface area contributed by atoms with Gasteiger partial charge in [0.1, 0.15) is 5.75 Å². The highest BCUT2D eigenvalue weighted by atomic mass is 16.3. The molecule has 4 heteroatoms. The van der Waals surface area contributed by atoms with E-state index in [2.05, 4.69) is 16.9 Å². The predicted molar refractivity (Wildman–Crippen MR) is 72.5 cm³/mol. The van der Waals surface area contributed by atoms with Crippen molar-refractivity contribution in [3.8, 4) is 5.75 Å². The first-order chi connectivity index (χ1) is 8.70. The smallest absolute Gasteiger partial charge is 0.129 e. The van der Waals surface area contributed by atoms with Gasteiger partial charge in [-0.25, -0.2) is 0 Å². The van der Waals surface area contributed by atoms with E-state index < -0.39 is 0 Å². The number of aromatic hydroxyl groups is 1. The molecule has 1 aliphatic heterocycles. The number of hydrogen-bond acceptors (Lipinski definition) is 3. The summed E-state index contributed by atoms with van der Waals surface area (Å²) in [4.78, 5) is 5.40. The number of nitrogens with zero attached hydrogens (tertiary/aromatic N) is 1. The number of aromatic nitrogens is 1. The minimum atomic E-state index is 0.276. The molecular formula is C14H19N3O. The molecule has 1 aromatic carbocycles.